The van der Waals surface area contributed by atoms with Gasteiger partial charge in [0.25, 0.3) is 11.6 Å². The van der Waals surface area contributed by atoms with Crippen LogP contribution in [0.4, 0.5) is 5.69 Å². The summed E-state index contributed by atoms with van der Waals surface area (Å²) in [6, 6.07) is 14.9. The number of nitrogens with zero attached hydrogens (tertiary/aromatic N) is 4. The second kappa shape index (κ2) is 10.2. The summed E-state index contributed by atoms with van der Waals surface area (Å²) in [6.45, 7) is 6.50. The number of nitro benzene ring substituents is 1. The number of hydrogen-bond donors (Lipinski definition) is 1. The smallest absolute Gasteiger partial charge is 0.272 e. The number of fused-ring (bicyclic) bond motifs is 3. The van der Waals surface area contributed by atoms with Crippen molar-refractivity contribution in [1.29, 1.82) is 0 Å². The molecule has 5 rings (SSSR count). The first kappa shape index (κ1) is 24.1. The zero-order valence-corrected chi connectivity index (χ0v) is 20.6. The Labute approximate surface area is 209 Å². The number of aromatic nitrogens is 2. The van der Waals surface area contributed by atoms with E-state index in [0.29, 0.717) is 32.0 Å². The van der Waals surface area contributed by atoms with E-state index in [1.165, 1.54) is 11.6 Å². The van der Waals surface area contributed by atoms with Crippen LogP contribution in [-0.4, -0.2) is 56.9 Å². The summed E-state index contributed by atoms with van der Waals surface area (Å²) in [6.07, 6.45) is 3.61. The fourth-order valence-corrected chi connectivity index (χ4v) is 5.30. The first-order valence-electron chi connectivity index (χ1n) is 12.4. The summed E-state index contributed by atoms with van der Waals surface area (Å²) >= 11 is 0. The Balaban J connectivity index is 1.30. The lowest BCUT2D eigenvalue weighted by atomic mass is 9.89. The number of rotatable bonds is 7. The van der Waals surface area contributed by atoms with Gasteiger partial charge in [-0.3, -0.25) is 24.5 Å². The number of amides is 1. The molecule has 0 radical (unpaired) electrons. The van der Waals surface area contributed by atoms with Crippen molar-refractivity contribution in [3.63, 3.8) is 0 Å². The lowest BCUT2D eigenvalue weighted by molar-refractivity contribution is -0.384. The predicted molar refractivity (Wildman–Crippen MR) is 137 cm³/mol. The number of carbonyl (C=O) groups excluding carboxylic acids is 1. The Morgan fingerprint density at radius 1 is 1.17 bits per heavy atom. The lowest BCUT2D eigenvalue weighted by Crippen LogP contribution is -2.60. The average molecular weight is 490 g/mol. The molecule has 2 fully saturated rings. The minimum absolute atomic E-state index is 0.0134. The van der Waals surface area contributed by atoms with Crippen molar-refractivity contribution in [2.45, 2.75) is 57.9 Å². The van der Waals surface area contributed by atoms with Crippen LogP contribution in [0.5, 0.6) is 0 Å². The van der Waals surface area contributed by atoms with Crippen molar-refractivity contribution in [3.8, 4) is 0 Å². The second-order valence-electron chi connectivity index (χ2n) is 9.92. The standard InChI is InChI=1S/C27H31N5O4/c1-18(2)10-11-31-25-9-4-3-8-24(25)26(29-31)27(33)28-20-13-22-16-36-17-23(14-20)30(22)15-19-6-5-7-21(12-19)32(34)35/h3-10,12,20,22-23H,11,13-17H2,1-2H3,(H,28,33)/t20?,22-,23+. The molecule has 2 aromatic carbocycles. The Bertz CT molecular complexity index is 1300. The molecular formula is C27H31N5O4. The van der Waals surface area contributed by atoms with Crippen LogP contribution in [0, 0.1) is 10.1 Å². The van der Waals surface area contributed by atoms with Gasteiger partial charge >= 0.3 is 0 Å². The van der Waals surface area contributed by atoms with Crippen LogP contribution in [-0.2, 0) is 17.8 Å². The fraction of sp³-hybridized carbons (Fsp3) is 0.407. The average Bonchev–Trinajstić information content (AvgIpc) is 3.22. The van der Waals surface area contributed by atoms with E-state index in [2.05, 4.69) is 21.4 Å². The highest BCUT2D eigenvalue weighted by Gasteiger charge is 2.39. The molecule has 1 unspecified atom stereocenters. The molecule has 3 heterocycles. The van der Waals surface area contributed by atoms with Crippen molar-refractivity contribution in [2.24, 2.45) is 0 Å². The lowest BCUT2D eigenvalue weighted by Gasteiger charge is -2.48. The highest BCUT2D eigenvalue weighted by Crippen LogP contribution is 2.30. The second-order valence-corrected chi connectivity index (χ2v) is 9.92. The third-order valence-corrected chi connectivity index (χ3v) is 7.04. The number of piperidine rings is 1. The maximum absolute atomic E-state index is 13.4. The quantitative estimate of drug-likeness (QED) is 0.305. The third-order valence-electron chi connectivity index (χ3n) is 7.04. The number of para-hydroxylation sites is 1. The van der Waals surface area contributed by atoms with E-state index in [-0.39, 0.29) is 34.6 Å². The minimum Gasteiger partial charge on any atom is -0.378 e. The third kappa shape index (κ3) is 5.03. The van der Waals surface area contributed by atoms with Gasteiger partial charge in [0, 0.05) is 42.2 Å². The number of non-ortho nitro benzene ring substituents is 1. The number of allylic oxidation sites excluding steroid dienone is 2. The highest BCUT2D eigenvalue weighted by atomic mass is 16.6. The molecule has 3 atom stereocenters. The number of nitro groups is 1. The number of benzene rings is 2. The van der Waals surface area contributed by atoms with Gasteiger partial charge in [0.05, 0.1) is 30.2 Å². The van der Waals surface area contributed by atoms with E-state index >= 15 is 0 Å². The minimum atomic E-state index is -0.361. The first-order chi connectivity index (χ1) is 17.4. The fourth-order valence-electron chi connectivity index (χ4n) is 5.30. The van der Waals surface area contributed by atoms with E-state index in [4.69, 9.17) is 4.74 Å². The molecule has 1 amide bonds. The summed E-state index contributed by atoms with van der Waals surface area (Å²) in [7, 11) is 0. The van der Waals surface area contributed by atoms with Crippen molar-refractivity contribution < 1.29 is 14.5 Å². The summed E-state index contributed by atoms with van der Waals surface area (Å²) in [4.78, 5) is 26.5. The molecule has 2 aliphatic rings. The van der Waals surface area contributed by atoms with E-state index in [0.717, 1.165) is 29.3 Å². The summed E-state index contributed by atoms with van der Waals surface area (Å²) < 4.78 is 7.70. The Kier molecular flexibility index (Phi) is 6.84. The van der Waals surface area contributed by atoms with Gasteiger partial charge in [-0.05, 0) is 38.3 Å². The molecular weight excluding hydrogens is 458 g/mol. The summed E-state index contributed by atoms with van der Waals surface area (Å²) in [5.41, 5.74) is 3.61. The van der Waals surface area contributed by atoms with Gasteiger partial charge in [0.1, 0.15) is 0 Å². The molecule has 0 spiro atoms. The molecule has 3 aromatic rings. The molecule has 2 saturated heterocycles. The van der Waals surface area contributed by atoms with E-state index in [9.17, 15) is 14.9 Å². The molecule has 0 saturated carbocycles. The van der Waals surface area contributed by atoms with E-state index < -0.39 is 0 Å². The van der Waals surface area contributed by atoms with Gasteiger partial charge in [-0.25, -0.2) is 0 Å². The van der Waals surface area contributed by atoms with Crippen molar-refractivity contribution in [3.05, 3.63) is 81.6 Å². The number of hydrogen-bond acceptors (Lipinski definition) is 6. The molecule has 36 heavy (non-hydrogen) atoms. The van der Waals surface area contributed by atoms with E-state index in [1.54, 1.807) is 12.1 Å². The molecule has 188 valence electrons. The summed E-state index contributed by atoms with van der Waals surface area (Å²) in [5.74, 6) is -0.154. The van der Waals surface area contributed by atoms with Crippen LogP contribution in [0.15, 0.2) is 60.2 Å². The normalized spacial score (nSPS) is 21.8. The molecule has 2 aliphatic heterocycles. The number of ether oxygens (including phenoxy) is 1. The van der Waals surface area contributed by atoms with E-state index in [1.807, 2.05) is 48.9 Å². The largest absolute Gasteiger partial charge is 0.378 e. The molecule has 2 bridgehead atoms. The van der Waals surface area contributed by atoms with Crippen LogP contribution < -0.4 is 5.32 Å². The van der Waals surface area contributed by atoms with Crippen LogP contribution in [0.1, 0.15) is 42.7 Å². The molecule has 1 N–H and O–H groups in total. The van der Waals surface area contributed by atoms with Gasteiger partial charge in [0.2, 0.25) is 0 Å². The van der Waals surface area contributed by atoms with Gasteiger partial charge in [-0.2, -0.15) is 5.10 Å². The summed E-state index contributed by atoms with van der Waals surface area (Å²) in [5, 5.41) is 19.9. The van der Waals surface area contributed by atoms with Crippen molar-refractivity contribution in [1.82, 2.24) is 20.0 Å². The Morgan fingerprint density at radius 2 is 1.92 bits per heavy atom. The van der Waals surface area contributed by atoms with Gasteiger partial charge in [-0.1, -0.05) is 42.0 Å². The Morgan fingerprint density at radius 3 is 2.64 bits per heavy atom. The predicted octanol–water partition coefficient (Wildman–Crippen LogP) is 4.07. The zero-order valence-electron chi connectivity index (χ0n) is 20.6. The number of morpholine rings is 1. The first-order valence-corrected chi connectivity index (χ1v) is 12.4. The van der Waals surface area contributed by atoms with Gasteiger partial charge in [0.15, 0.2) is 5.69 Å². The SMILES string of the molecule is CC(C)=CCn1nc(C(=O)NC2C[C@H]3COC[C@@H](C2)N3Cc2cccc([N+](=O)[O-])c2)c2ccccc21. The molecule has 9 nitrogen and oxygen atoms in total. The molecule has 1 aromatic heterocycles. The highest BCUT2D eigenvalue weighted by molar-refractivity contribution is 6.05. The van der Waals surface area contributed by atoms with Gasteiger partial charge in [-0.15, -0.1) is 0 Å². The van der Waals surface area contributed by atoms with Crippen LogP contribution in [0.3, 0.4) is 0 Å². The monoisotopic (exact) mass is 489 g/mol. The maximum atomic E-state index is 13.4. The molecule has 0 aliphatic carbocycles. The maximum Gasteiger partial charge on any atom is 0.272 e. The number of carbonyl (C=O) groups is 1. The van der Waals surface area contributed by atoms with Crippen molar-refractivity contribution >= 4 is 22.5 Å². The Hall–Kier alpha value is -3.56. The zero-order chi connectivity index (χ0) is 25.2. The van der Waals surface area contributed by atoms with Crippen LogP contribution in [0.25, 0.3) is 10.9 Å². The van der Waals surface area contributed by atoms with Crippen LogP contribution in [0.2, 0.25) is 0 Å². The number of nitrogens with one attached hydrogen (secondary N) is 1. The van der Waals surface area contributed by atoms with Crippen molar-refractivity contribution in [2.75, 3.05) is 13.2 Å². The molecule has 9 heteroatoms. The topological polar surface area (TPSA) is 103 Å². The van der Waals surface area contributed by atoms with Gasteiger partial charge < -0.3 is 10.1 Å². The van der Waals surface area contributed by atoms with Crippen LogP contribution >= 0.6 is 0 Å².